The van der Waals surface area contributed by atoms with Crippen molar-refractivity contribution in [3.63, 3.8) is 0 Å². The molecule has 182 valence electrons. The molecule has 11 heteroatoms. The Bertz CT molecular complexity index is 1460. The smallest absolute Gasteiger partial charge is 0.373 e. The van der Waals surface area contributed by atoms with E-state index in [9.17, 15) is 18.0 Å². The molecule has 35 heavy (non-hydrogen) atoms. The van der Waals surface area contributed by atoms with Crippen molar-refractivity contribution in [2.45, 2.75) is 31.0 Å². The molecular formula is C24H21ClF3N5O2. The van der Waals surface area contributed by atoms with E-state index in [0.717, 1.165) is 12.6 Å². The first-order valence-electron chi connectivity index (χ1n) is 11.0. The molecule has 4 heterocycles. The molecule has 4 aromatic rings. The summed E-state index contributed by atoms with van der Waals surface area (Å²) in [5.41, 5.74) is 1.40. The molecule has 0 spiro atoms. The SMILES string of the molecule is Cn1cc(C2CC(c3cc4c(=O)n(C)c(C(F)(F)F)nc4c(-c4ccc(Cl)cc4)n3)CCO2)cn1. The van der Waals surface area contributed by atoms with Crippen LogP contribution in [0.4, 0.5) is 13.2 Å². The Kier molecular flexibility index (Phi) is 5.88. The van der Waals surface area contributed by atoms with Crippen LogP contribution in [-0.4, -0.2) is 30.9 Å². The highest BCUT2D eigenvalue weighted by Crippen LogP contribution is 2.39. The third kappa shape index (κ3) is 4.43. The van der Waals surface area contributed by atoms with Gasteiger partial charge in [-0.05, 0) is 31.0 Å². The van der Waals surface area contributed by atoms with Crippen molar-refractivity contribution in [1.82, 2.24) is 24.3 Å². The first-order valence-corrected chi connectivity index (χ1v) is 11.3. The van der Waals surface area contributed by atoms with Gasteiger partial charge in [-0.3, -0.25) is 19.0 Å². The third-order valence-electron chi connectivity index (χ3n) is 6.25. The second kappa shape index (κ2) is 8.76. The van der Waals surface area contributed by atoms with Crippen LogP contribution in [0.1, 0.15) is 41.9 Å². The number of aryl methyl sites for hydroxylation is 1. The van der Waals surface area contributed by atoms with Gasteiger partial charge in [0.1, 0.15) is 5.52 Å². The first-order chi connectivity index (χ1) is 16.6. The van der Waals surface area contributed by atoms with Crippen molar-refractivity contribution in [2.24, 2.45) is 14.1 Å². The van der Waals surface area contributed by atoms with Gasteiger partial charge in [0.05, 0.1) is 23.4 Å². The molecule has 3 aromatic heterocycles. The van der Waals surface area contributed by atoms with Crippen LogP contribution in [0.25, 0.3) is 22.2 Å². The van der Waals surface area contributed by atoms with Crippen LogP contribution in [0, 0.1) is 0 Å². The molecule has 7 nitrogen and oxygen atoms in total. The number of pyridine rings is 1. The molecule has 0 saturated carbocycles. The minimum atomic E-state index is -4.80. The standard InChI is InChI=1S/C24H21ClF3N5O2/c1-32-12-15(11-29-32)19-9-14(7-8-35-19)18-10-17-21(20(30-18)13-3-5-16(25)6-4-13)31-23(24(26,27)28)33(2)22(17)34/h3-6,10-12,14,19H,7-9H2,1-2H3. The van der Waals surface area contributed by atoms with Gasteiger partial charge >= 0.3 is 6.18 Å². The Hall–Kier alpha value is -3.24. The Balaban J connectivity index is 1.68. The fraction of sp³-hybridized carbons (Fsp3) is 0.333. The lowest BCUT2D eigenvalue weighted by atomic mass is 9.89. The molecular weight excluding hydrogens is 483 g/mol. The number of benzene rings is 1. The maximum absolute atomic E-state index is 13.6. The van der Waals surface area contributed by atoms with E-state index in [1.54, 1.807) is 41.2 Å². The summed E-state index contributed by atoms with van der Waals surface area (Å²) < 4.78 is 49.1. The normalized spacial score (nSPS) is 18.8. The quantitative estimate of drug-likeness (QED) is 0.392. The van der Waals surface area contributed by atoms with Crippen LogP contribution >= 0.6 is 11.6 Å². The highest BCUT2D eigenvalue weighted by molar-refractivity contribution is 6.30. The van der Waals surface area contributed by atoms with Gasteiger partial charge in [-0.25, -0.2) is 4.98 Å². The molecule has 2 unspecified atom stereocenters. The van der Waals surface area contributed by atoms with Crippen molar-refractivity contribution in [1.29, 1.82) is 0 Å². The molecule has 5 rings (SSSR count). The molecule has 1 aromatic carbocycles. The van der Waals surface area contributed by atoms with E-state index in [-0.39, 0.29) is 28.6 Å². The number of fused-ring (bicyclic) bond motifs is 1. The summed E-state index contributed by atoms with van der Waals surface area (Å²) in [5, 5.41) is 4.76. The first kappa shape index (κ1) is 23.5. The molecule has 1 saturated heterocycles. The van der Waals surface area contributed by atoms with E-state index >= 15 is 0 Å². The van der Waals surface area contributed by atoms with Gasteiger partial charge in [0, 0.05) is 54.7 Å². The van der Waals surface area contributed by atoms with Crippen molar-refractivity contribution < 1.29 is 17.9 Å². The van der Waals surface area contributed by atoms with Crippen molar-refractivity contribution in [3.8, 4) is 11.3 Å². The molecule has 0 amide bonds. The lowest BCUT2D eigenvalue weighted by Gasteiger charge is -2.29. The number of rotatable bonds is 3. The minimum absolute atomic E-state index is 0.0728. The molecule has 1 aliphatic heterocycles. The summed E-state index contributed by atoms with van der Waals surface area (Å²) in [6.07, 6.45) is -0.109. The fourth-order valence-corrected chi connectivity index (χ4v) is 4.59. The van der Waals surface area contributed by atoms with Crippen LogP contribution in [0.3, 0.4) is 0 Å². The molecule has 2 atom stereocenters. The Morgan fingerprint density at radius 1 is 1.14 bits per heavy atom. The number of ether oxygens (including phenoxy) is 1. The summed E-state index contributed by atoms with van der Waals surface area (Å²) >= 11 is 6.02. The number of aromatic nitrogens is 5. The average Bonchev–Trinajstić information content (AvgIpc) is 3.27. The predicted molar refractivity (Wildman–Crippen MR) is 124 cm³/mol. The maximum Gasteiger partial charge on any atom is 0.449 e. The van der Waals surface area contributed by atoms with E-state index < -0.39 is 17.6 Å². The molecule has 0 radical (unpaired) electrons. The maximum atomic E-state index is 13.6. The van der Waals surface area contributed by atoms with Crippen molar-refractivity contribution in [3.05, 3.63) is 75.2 Å². The van der Waals surface area contributed by atoms with Crippen LogP contribution in [-0.2, 0) is 25.0 Å². The van der Waals surface area contributed by atoms with Gasteiger partial charge < -0.3 is 4.74 Å². The zero-order valence-electron chi connectivity index (χ0n) is 18.9. The van der Waals surface area contributed by atoms with E-state index in [2.05, 4.69) is 10.1 Å². The molecule has 0 bridgehead atoms. The van der Waals surface area contributed by atoms with Crippen LogP contribution in [0.2, 0.25) is 5.02 Å². The second-order valence-corrected chi connectivity index (χ2v) is 9.06. The topological polar surface area (TPSA) is 74.8 Å². The Labute approximate surface area is 203 Å². The monoisotopic (exact) mass is 503 g/mol. The van der Waals surface area contributed by atoms with Gasteiger partial charge in [0.15, 0.2) is 0 Å². The lowest BCUT2D eigenvalue weighted by Crippen LogP contribution is -2.28. The summed E-state index contributed by atoms with van der Waals surface area (Å²) in [6, 6.07) is 8.12. The van der Waals surface area contributed by atoms with Gasteiger partial charge in [-0.2, -0.15) is 18.3 Å². The number of hydrogen-bond donors (Lipinski definition) is 0. The van der Waals surface area contributed by atoms with Gasteiger partial charge in [0.25, 0.3) is 5.56 Å². The van der Waals surface area contributed by atoms with Crippen molar-refractivity contribution in [2.75, 3.05) is 6.61 Å². The summed E-state index contributed by atoms with van der Waals surface area (Å²) in [4.78, 5) is 21.7. The van der Waals surface area contributed by atoms with Crippen LogP contribution in [0.15, 0.2) is 47.5 Å². The zero-order chi connectivity index (χ0) is 24.9. The number of nitrogens with zero attached hydrogens (tertiary/aromatic N) is 5. The highest BCUT2D eigenvalue weighted by atomic mass is 35.5. The van der Waals surface area contributed by atoms with E-state index in [4.69, 9.17) is 21.3 Å². The average molecular weight is 504 g/mol. The summed E-state index contributed by atoms with van der Waals surface area (Å²) in [6.45, 7) is 0.476. The predicted octanol–water partition coefficient (Wildman–Crippen LogP) is 5.04. The number of halogens is 4. The van der Waals surface area contributed by atoms with Crippen LogP contribution in [0.5, 0.6) is 0 Å². The Morgan fingerprint density at radius 3 is 2.54 bits per heavy atom. The number of hydrogen-bond acceptors (Lipinski definition) is 5. The van der Waals surface area contributed by atoms with Gasteiger partial charge in [-0.15, -0.1) is 0 Å². The zero-order valence-corrected chi connectivity index (χ0v) is 19.6. The van der Waals surface area contributed by atoms with E-state index in [0.29, 0.717) is 40.3 Å². The Morgan fingerprint density at radius 2 is 1.89 bits per heavy atom. The molecule has 1 aliphatic rings. The summed E-state index contributed by atoms with van der Waals surface area (Å²) in [7, 11) is 2.90. The fourth-order valence-electron chi connectivity index (χ4n) is 4.47. The minimum Gasteiger partial charge on any atom is -0.373 e. The summed E-state index contributed by atoms with van der Waals surface area (Å²) in [5.74, 6) is -1.35. The number of alkyl halides is 3. The second-order valence-electron chi connectivity index (χ2n) is 8.62. The van der Waals surface area contributed by atoms with Gasteiger partial charge in [0.2, 0.25) is 5.82 Å². The largest absolute Gasteiger partial charge is 0.449 e. The lowest BCUT2D eigenvalue weighted by molar-refractivity contribution is -0.147. The van der Waals surface area contributed by atoms with Crippen molar-refractivity contribution >= 4 is 22.5 Å². The molecule has 1 fully saturated rings. The van der Waals surface area contributed by atoms with E-state index in [1.165, 1.54) is 0 Å². The van der Waals surface area contributed by atoms with E-state index in [1.807, 2.05) is 13.2 Å². The molecule has 0 N–H and O–H groups in total. The van der Waals surface area contributed by atoms with Crippen LogP contribution < -0.4 is 5.56 Å². The third-order valence-corrected chi connectivity index (χ3v) is 6.51. The van der Waals surface area contributed by atoms with Gasteiger partial charge in [-0.1, -0.05) is 23.7 Å². The molecule has 0 aliphatic carbocycles. The highest BCUT2D eigenvalue weighted by Gasteiger charge is 2.37.